The Labute approximate surface area is 84.4 Å². The number of hydrogen-bond acceptors (Lipinski definition) is 1. The number of aromatic amines is 1. The topological polar surface area (TPSA) is 28.7 Å². The fraction of sp³-hybridized carbons (Fsp3) is 0.417. The van der Waals surface area contributed by atoms with Crippen LogP contribution in [0.3, 0.4) is 0 Å². The van der Waals surface area contributed by atoms with Crippen LogP contribution in [-0.4, -0.2) is 9.97 Å². The van der Waals surface area contributed by atoms with Gasteiger partial charge in [0.25, 0.3) is 0 Å². The molecule has 2 rings (SSSR count). The number of hydrogen-bond donors (Lipinski definition) is 1. The lowest BCUT2D eigenvalue weighted by atomic mass is 9.97. The van der Waals surface area contributed by atoms with Crippen LogP contribution >= 0.6 is 0 Å². The molecule has 0 aliphatic rings. The minimum atomic E-state index is 0.566. The molecule has 2 aromatic rings. The largest absolute Gasteiger partial charge is 0.342 e. The van der Waals surface area contributed by atoms with Crippen LogP contribution in [0.1, 0.15) is 36.7 Å². The van der Waals surface area contributed by atoms with E-state index in [9.17, 15) is 0 Å². The normalized spacial score (nSPS) is 11.5. The molecule has 1 heterocycles. The van der Waals surface area contributed by atoms with Crippen molar-refractivity contribution in [2.75, 3.05) is 0 Å². The fourth-order valence-corrected chi connectivity index (χ4v) is 1.93. The molecule has 0 aliphatic heterocycles. The SMILES string of the molecule is Cc1nc2cc(C(C)C)c(C)cc2[nH]1. The molecule has 0 amide bonds. The van der Waals surface area contributed by atoms with Crippen LogP contribution in [0.2, 0.25) is 0 Å². The van der Waals surface area contributed by atoms with Gasteiger partial charge in [0.1, 0.15) is 5.82 Å². The van der Waals surface area contributed by atoms with E-state index in [1.54, 1.807) is 0 Å². The maximum absolute atomic E-state index is 4.44. The van der Waals surface area contributed by atoms with Gasteiger partial charge in [-0.05, 0) is 43.0 Å². The van der Waals surface area contributed by atoms with E-state index in [1.807, 2.05) is 6.92 Å². The Morgan fingerprint density at radius 1 is 1.21 bits per heavy atom. The first-order chi connectivity index (χ1) is 6.58. The Bertz CT molecular complexity index is 466. The Balaban J connectivity index is 2.70. The van der Waals surface area contributed by atoms with Crippen molar-refractivity contribution in [3.63, 3.8) is 0 Å². The molecule has 74 valence electrons. The van der Waals surface area contributed by atoms with Crippen molar-refractivity contribution >= 4 is 11.0 Å². The second kappa shape index (κ2) is 3.12. The van der Waals surface area contributed by atoms with E-state index in [2.05, 4.69) is 42.9 Å². The van der Waals surface area contributed by atoms with Crippen LogP contribution in [0.25, 0.3) is 11.0 Å². The Hall–Kier alpha value is -1.31. The Kier molecular flexibility index (Phi) is 2.06. The zero-order valence-electron chi connectivity index (χ0n) is 9.18. The standard InChI is InChI=1S/C12H16N2/c1-7(2)10-6-12-11(5-8(10)3)13-9(4)14-12/h5-7H,1-4H3,(H,13,14). The van der Waals surface area contributed by atoms with Crippen molar-refractivity contribution in [1.29, 1.82) is 0 Å². The highest BCUT2D eigenvalue weighted by molar-refractivity contribution is 5.77. The number of nitrogens with zero attached hydrogens (tertiary/aromatic N) is 1. The monoisotopic (exact) mass is 188 g/mol. The van der Waals surface area contributed by atoms with Gasteiger partial charge in [-0.3, -0.25) is 0 Å². The highest BCUT2D eigenvalue weighted by Crippen LogP contribution is 2.23. The zero-order valence-corrected chi connectivity index (χ0v) is 9.18. The number of imidazole rings is 1. The molecule has 1 aromatic carbocycles. The maximum Gasteiger partial charge on any atom is 0.104 e. The number of nitrogens with one attached hydrogen (secondary N) is 1. The molecule has 2 nitrogen and oxygen atoms in total. The van der Waals surface area contributed by atoms with Gasteiger partial charge >= 0.3 is 0 Å². The van der Waals surface area contributed by atoms with Gasteiger partial charge in [0.05, 0.1) is 11.0 Å². The summed E-state index contributed by atoms with van der Waals surface area (Å²) in [5.74, 6) is 1.55. The first-order valence-electron chi connectivity index (χ1n) is 5.05. The van der Waals surface area contributed by atoms with E-state index >= 15 is 0 Å². The molecule has 2 heteroatoms. The lowest BCUT2D eigenvalue weighted by Crippen LogP contribution is -1.91. The molecule has 1 N–H and O–H groups in total. The summed E-state index contributed by atoms with van der Waals surface area (Å²) < 4.78 is 0. The minimum Gasteiger partial charge on any atom is -0.342 e. The van der Waals surface area contributed by atoms with Gasteiger partial charge in [-0.25, -0.2) is 4.98 Å². The molecule has 1 aromatic heterocycles. The molecule has 0 fully saturated rings. The number of rotatable bonds is 1. The third-order valence-corrected chi connectivity index (χ3v) is 2.61. The summed E-state index contributed by atoms with van der Waals surface area (Å²) >= 11 is 0. The fourth-order valence-electron chi connectivity index (χ4n) is 1.93. The first-order valence-corrected chi connectivity index (χ1v) is 5.05. The maximum atomic E-state index is 4.44. The van der Waals surface area contributed by atoms with Crippen molar-refractivity contribution in [2.45, 2.75) is 33.6 Å². The quantitative estimate of drug-likeness (QED) is 0.730. The van der Waals surface area contributed by atoms with Gasteiger partial charge in [0, 0.05) is 0 Å². The third-order valence-electron chi connectivity index (χ3n) is 2.61. The second-order valence-electron chi connectivity index (χ2n) is 4.20. The van der Waals surface area contributed by atoms with E-state index in [1.165, 1.54) is 11.1 Å². The number of fused-ring (bicyclic) bond motifs is 1. The van der Waals surface area contributed by atoms with E-state index in [4.69, 9.17) is 0 Å². The highest BCUT2D eigenvalue weighted by atomic mass is 14.9. The Morgan fingerprint density at radius 3 is 2.57 bits per heavy atom. The molecule has 0 aliphatic carbocycles. The predicted octanol–water partition coefficient (Wildman–Crippen LogP) is 3.30. The lowest BCUT2D eigenvalue weighted by molar-refractivity contribution is 0.858. The van der Waals surface area contributed by atoms with Crippen LogP contribution in [-0.2, 0) is 0 Å². The van der Waals surface area contributed by atoms with Crippen LogP contribution < -0.4 is 0 Å². The van der Waals surface area contributed by atoms with Gasteiger partial charge < -0.3 is 4.98 Å². The molecule has 0 radical (unpaired) electrons. The van der Waals surface area contributed by atoms with Gasteiger partial charge in [0.2, 0.25) is 0 Å². The molecule has 0 saturated heterocycles. The van der Waals surface area contributed by atoms with Gasteiger partial charge in [-0.15, -0.1) is 0 Å². The predicted molar refractivity (Wildman–Crippen MR) is 59.7 cm³/mol. The first kappa shape index (κ1) is 9.25. The summed E-state index contributed by atoms with van der Waals surface area (Å²) in [6.07, 6.45) is 0. The van der Waals surface area contributed by atoms with Crippen LogP contribution in [0, 0.1) is 13.8 Å². The molecule has 0 spiro atoms. The summed E-state index contributed by atoms with van der Waals surface area (Å²) in [5.41, 5.74) is 4.96. The summed E-state index contributed by atoms with van der Waals surface area (Å²) in [4.78, 5) is 7.70. The van der Waals surface area contributed by atoms with E-state index in [0.29, 0.717) is 5.92 Å². The third kappa shape index (κ3) is 1.41. The average molecular weight is 188 g/mol. The average Bonchev–Trinajstić information content (AvgIpc) is 2.42. The van der Waals surface area contributed by atoms with Crippen molar-refractivity contribution < 1.29 is 0 Å². The van der Waals surface area contributed by atoms with Crippen LogP contribution in [0.15, 0.2) is 12.1 Å². The number of benzene rings is 1. The van der Waals surface area contributed by atoms with Gasteiger partial charge in [-0.2, -0.15) is 0 Å². The summed E-state index contributed by atoms with van der Waals surface area (Å²) in [5, 5.41) is 0. The van der Waals surface area contributed by atoms with Gasteiger partial charge in [0.15, 0.2) is 0 Å². The lowest BCUT2D eigenvalue weighted by Gasteiger charge is -2.08. The smallest absolute Gasteiger partial charge is 0.104 e. The number of aromatic nitrogens is 2. The highest BCUT2D eigenvalue weighted by Gasteiger charge is 2.07. The Morgan fingerprint density at radius 2 is 1.93 bits per heavy atom. The van der Waals surface area contributed by atoms with E-state index in [0.717, 1.165) is 16.9 Å². The van der Waals surface area contributed by atoms with E-state index in [-0.39, 0.29) is 0 Å². The van der Waals surface area contributed by atoms with Crippen LogP contribution in [0.4, 0.5) is 0 Å². The zero-order chi connectivity index (χ0) is 10.3. The number of aryl methyl sites for hydroxylation is 2. The molecule has 0 atom stereocenters. The summed E-state index contributed by atoms with van der Waals surface area (Å²) in [6, 6.07) is 4.38. The van der Waals surface area contributed by atoms with Gasteiger partial charge in [-0.1, -0.05) is 13.8 Å². The minimum absolute atomic E-state index is 0.566. The summed E-state index contributed by atoms with van der Waals surface area (Å²) in [7, 11) is 0. The molecular weight excluding hydrogens is 172 g/mol. The molecular formula is C12H16N2. The molecule has 14 heavy (non-hydrogen) atoms. The molecule has 0 unspecified atom stereocenters. The summed E-state index contributed by atoms with van der Waals surface area (Å²) in [6.45, 7) is 8.58. The van der Waals surface area contributed by atoms with Crippen molar-refractivity contribution in [3.8, 4) is 0 Å². The van der Waals surface area contributed by atoms with E-state index < -0.39 is 0 Å². The molecule has 0 saturated carbocycles. The number of H-pyrrole nitrogens is 1. The van der Waals surface area contributed by atoms with Crippen molar-refractivity contribution in [1.82, 2.24) is 9.97 Å². The van der Waals surface area contributed by atoms with Crippen LogP contribution in [0.5, 0.6) is 0 Å². The second-order valence-corrected chi connectivity index (χ2v) is 4.20. The molecule has 0 bridgehead atoms. The van der Waals surface area contributed by atoms with Crippen molar-refractivity contribution in [2.24, 2.45) is 0 Å². The van der Waals surface area contributed by atoms with Crippen molar-refractivity contribution in [3.05, 3.63) is 29.1 Å².